The first kappa shape index (κ1) is 15.2. The highest BCUT2D eigenvalue weighted by Crippen LogP contribution is 2.09. The van der Waals surface area contributed by atoms with Crippen molar-refractivity contribution in [1.29, 1.82) is 0 Å². The molecule has 1 atom stereocenters. The molecular weight excluding hydrogens is 266 g/mol. The van der Waals surface area contributed by atoms with Gasteiger partial charge in [0.05, 0.1) is 17.4 Å². The van der Waals surface area contributed by atoms with Crippen LogP contribution in [0, 0.1) is 12.3 Å². The van der Waals surface area contributed by atoms with Crippen molar-refractivity contribution in [2.24, 2.45) is 0 Å². The molecule has 0 aliphatic heterocycles. The van der Waals surface area contributed by atoms with Crippen LogP contribution in [0.2, 0.25) is 0 Å². The third-order valence-electron chi connectivity index (χ3n) is 2.46. The number of terminal acetylenes is 1. The lowest BCUT2D eigenvalue weighted by atomic mass is 10.1. The predicted octanol–water partition coefficient (Wildman–Crippen LogP) is 1.22. The van der Waals surface area contributed by atoms with Gasteiger partial charge in [-0.1, -0.05) is 25.0 Å². The summed E-state index contributed by atoms with van der Waals surface area (Å²) in [7, 11) is -3.59. The minimum atomic E-state index is -3.59. The first-order valence-corrected chi connectivity index (χ1v) is 7.31. The topological polar surface area (TPSA) is 83.5 Å². The molecule has 0 saturated heterocycles. The van der Waals surface area contributed by atoms with E-state index in [2.05, 4.69) is 10.6 Å². The highest BCUT2D eigenvalue weighted by atomic mass is 32.2. The van der Waals surface area contributed by atoms with Crippen molar-refractivity contribution in [3.63, 3.8) is 0 Å². The standard InChI is InChI=1S/C13H15NO4S/c1-3-12(4-2)14-19(17,18)9-10-6-5-7-11(8-10)13(15)16/h1,5-8,12,14H,4,9H2,2H3,(H,15,16). The number of carbonyl (C=O) groups is 1. The molecule has 2 N–H and O–H groups in total. The Morgan fingerprint density at radius 1 is 1.53 bits per heavy atom. The second-order valence-corrected chi connectivity index (χ2v) is 5.76. The monoisotopic (exact) mass is 281 g/mol. The Labute approximate surface area is 112 Å². The van der Waals surface area contributed by atoms with Crippen LogP contribution >= 0.6 is 0 Å². The van der Waals surface area contributed by atoms with Gasteiger partial charge < -0.3 is 5.11 Å². The van der Waals surface area contributed by atoms with Gasteiger partial charge in [0.1, 0.15) is 0 Å². The van der Waals surface area contributed by atoms with Gasteiger partial charge in [-0.25, -0.2) is 17.9 Å². The zero-order valence-electron chi connectivity index (χ0n) is 10.5. The predicted molar refractivity (Wildman–Crippen MR) is 72.1 cm³/mol. The third kappa shape index (κ3) is 4.73. The van der Waals surface area contributed by atoms with Gasteiger partial charge in [0, 0.05) is 0 Å². The molecule has 19 heavy (non-hydrogen) atoms. The summed E-state index contributed by atoms with van der Waals surface area (Å²) in [6.45, 7) is 1.78. The van der Waals surface area contributed by atoms with Crippen LogP contribution in [-0.4, -0.2) is 25.5 Å². The second kappa shape index (κ2) is 6.36. The number of carboxylic acids is 1. The van der Waals surface area contributed by atoms with Crippen molar-refractivity contribution >= 4 is 16.0 Å². The smallest absolute Gasteiger partial charge is 0.335 e. The van der Waals surface area contributed by atoms with Gasteiger partial charge >= 0.3 is 5.97 Å². The molecule has 1 unspecified atom stereocenters. The summed E-state index contributed by atoms with van der Waals surface area (Å²) in [4.78, 5) is 10.8. The van der Waals surface area contributed by atoms with Crippen molar-refractivity contribution in [1.82, 2.24) is 4.72 Å². The van der Waals surface area contributed by atoms with Crippen molar-refractivity contribution in [3.8, 4) is 12.3 Å². The third-order valence-corrected chi connectivity index (χ3v) is 3.82. The van der Waals surface area contributed by atoms with E-state index >= 15 is 0 Å². The highest BCUT2D eigenvalue weighted by Gasteiger charge is 2.16. The molecule has 102 valence electrons. The van der Waals surface area contributed by atoms with Crippen LogP contribution < -0.4 is 4.72 Å². The number of sulfonamides is 1. The number of nitrogens with one attached hydrogen (secondary N) is 1. The van der Waals surface area contributed by atoms with Crippen LogP contribution in [0.25, 0.3) is 0 Å². The fraction of sp³-hybridized carbons (Fsp3) is 0.308. The lowest BCUT2D eigenvalue weighted by Gasteiger charge is -2.11. The molecule has 0 heterocycles. The molecular formula is C13H15NO4S. The van der Waals surface area contributed by atoms with Crippen molar-refractivity contribution in [2.45, 2.75) is 25.1 Å². The molecule has 0 aliphatic carbocycles. The molecule has 5 nitrogen and oxygen atoms in total. The van der Waals surface area contributed by atoms with E-state index in [1.165, 1.54) is 18.2 Å². The summed E-state index contributed by atoms with van der Waals surface area (Å²) >= 11 is 0. The summed E-state index contributed by atoms with van der Waals surface area (Å²) < 4.78 is 26.1. The van der Waals surface area contributed by atoms with Gasteiger partial charge in [0.25, 0.3) is 0 Å². The molecule has 0 spiro atoms. The Kier molecular flexibility index (Phi) is 5.10. The van der Waals surface area contributed by atoms with E-state index < -0.39 is 22.0 Å². The number of hydrogen-bond acceptors (Lipinski definition) is 3. The normalized spacial score (nSPS) is 12.6. The number of carboxylic acid groups (broad SMARTS) is 1. The average Bonchev–Trinajstić information content (AvgIpc) is 2.35. The first-order valence-electron chi connectivity index (χ1n) is 5.66. The fourth-order valence-electron chi connectivity index (χ4n) is 1.51. The van der Waals surface area contributed by atoms with Crippen LogP contribution in [0.3, 0.4) is 0 Å². The van der Waals surface area contributed by atoms with E-state index in [0.29, 0.717) is 12.0 Å². The molecule has 0 saturated carbocycles. The zero-order valence-corrected chi connectivity index (χ0v) is 11.3. The van der Waals surface area contributed by atoms with E-state index in [1.807, 2.05) is 0 Å². The largest absolute Gasteiger partial charge is 0.478 e. The van der Waals surface area contributed by atoms with Crippen LogP contribution in [-0.2, 0) is 15.8 Å². The van der Waals surface area contributed by atoms with Crippen LogP contribution in [0.1, 0.15) is 29.3 Å². The molecule has 6 heteroatoms. The molecule has 0 fully saturated rings. The second-order valence-electron chi connectivity index (χ2n) is 4.01. The maximum absolute atomic E-state index is 11.9. The van der Waals surface area contributed by atoms with Gasteiger partial charge in [0.15, 0.2) is 0 Å². The van der Waals surface area contributed by atoms with Gasteiger partial charge in [0.2, 0.25) is 10.0 Å². The summed E-state index contributed by atoms with van der Waals surface area (Å²) in [5.74, 6) is 0.944. The molecule has 1 rings (SSSR count). The summed E-state index contributed by atoms with van der Waals surface area (Å²) in [5, 5.41) is 8.84. The van der Waals surface area contributed by atoms with E-state index in [1.54, 1.807) is 13.0 Å². The first-order chi connectivity index (χ1) is 8.88. The Bertz CT molecular complexity index is 601. The Hall–Kier alpha value is -1.84. The fourth-order valence-corrected chi connectivity index (χ4v) is 2.88. The lowest BCUT2D eigenvalue weighted by molar-refractivity contribution is 0.0696. The maximum Gasteiger partial charge on any atom is 0.335 e. The molecule has 0 bridgehead atoms. The summed E-state index contributed by atoms with van der Waals surface area (Å²) in [6.07, 6.45) is 5.68. The number of aromatic carboxylic acids is 1. The van der Waals surface area contributed by atoms with E-state index in [0.717, 1.165) is 0 Å². The van der Waals surface area contributed by atoms with Gasteiger partial charge in [-0.3, -0.25) is 0 Å². The van der Waals surface area contributed by atoms with Crippen LogP contribution in [0.5, 0.6) is 0 Å². The van der Waals surface area contributed by atoms with E-state index in [-0.39, 0.29) is 11.3 Å². The van der Waals surface area contributed by atoms with Crippen molar-refractivity contribution < 1.29 is 18.3 Å². The van der Waals surface area contributed by atoms with Crippen molar-refractivity contribution in [2.75, 3.05) is 0 Å². The Balaban J connectivity index is 2.87. The Morgan fingerprint density at radius 2 is 2.21 bits per heavy atom. The van der Waals surface area contributed by atoms with Crippen molar-refractivity contribution in [3.05, 3.63) is 35.4 Å². The molecule has 0 aliphatic rings. The number of benzene rings is 1. The van der Waals surface area contributed by atoms with Crippen LogP contribution in [0.15, 0.2) is 24.3 Å². The van der Waals surface area contributed by atoms with E-state index in [9.17, 15) is 13.2 Å². The minimum absolute atomic E-state index is 0.0525. The molecule has 0 aromatic heterocycles. The number of hydrogen-bond donors (Lipinski definition) is 2. The molecule has 1 aromatic carbocycles. The zero-order chi connectivity index (χ0) is 14.5. The summed E-state index contributed by atoms with van der Waals surface area (Å²) in [5.41, 5.74) is 0.455. The van der Waals surface area contributed by atoms with Gasteiger partial charge in [-0.05, 0) is 24.1 Å². The molecule has 1 aromatic rings. The number of rotatable bonds is 6. The molecule has 0 radical (unpaired) electrons. The SMILES string of the molecule is C#CC(CC)NS(=O)(=O)Cc1cccc(C(=O)O)c1. The average molecular weight is 281 g/mol. The van der Waals surface area contributed by atoms with Crippen LogP contribution in [0.4, 0.5) is 0 Å². The maximum atomic E-state index is 11.9. The van der Waals surface area contributed by atoms with E-state index in [4.69, 9.17) is 11.5 Å². The highest BCUT2D eigenvalue weighted by molar-refractivity contribution is 7.88. The van der Waals surface area contributed by atoms with Gasteiger partial charge in [-0.15, -0.1) is 6.42 Å². The molecule has 0 amide bonds. The quantitative estimate of drug-likeness (QED) is 0.768. The van der Waals surface area contributed by atoms with Gasteiger partial charge in [-0.2, -0.15) is 0 Å². The minimum Gasteiger partial charge on any atom is -0.478 e. The summed E-state index contributed by atoms with van der Waals surface area (Å²) in [6, 6.07) is 5.25. The lowest BCUT2D eigenvalue weighted by Crippen LogP contribution is -2.34. The Morgan fingerprint density at radius 3 is 2.74 bits per heavy atom.